The van der Waals surface area contributed by atoms with Gasteiger partial charge in [0.15, 0.2) is 5.79 Å². The SMILES string of the molecule is CCOC(C)(C)O.[Ti]. The average molecular weight is 152 g/mol. The van der Waals surface area contributed by atoms with Crippen molar-refractivity contribution in [1.82, 2.24) is 0 Å². The average Bonchev–Trinajstić information content (AvgIpc) is 1.30. The Morgan fingerprint density at radius 2 is 1.88 bits per heavy atom. The van der Waals surface area contributed by atoms with E-state index in [0.717, 1.165) is 0 Å². The second-order valence-corrected chi connectivity index (χ2v) is 1.88. The molecule has 0 aromatic rings. The van der Waals surface area contributed by atoms with E-state index in [1.807, 2.05) is 6.92 Å². The van der Waals surface area contributed by atoms with Gasteiger partial charge in [-0.25, -0.2) is 0 Å². The zero-order valence-electron chi connectivity index (χ0n) is 5.56. The third-order valence-electron chi connectivity index (χ3n) is 0.498. The maximum absolute atomic E-state index is 8.80. The molecule has 0 amide bonds. The Kier molecular flexibility index (Phi) is 6.44. The Bertz CT molecular complexity index is 48.9. The van der Waals surface area contributed by atoms with Crippen molar-refractivity contribution >= 4 is 0 Å². The fourth-order valence-electron chi connectivity index (χ4n) is 0.353. The fraction of sp³-hybridized carbons (Fsp3) is 1.00. The van der Waals surface area contributed by atoms with E-state index in [4.69, 9.17) is 9.84 Å². The largest absolute Gasteiger partial charge is 0.366 e. The van der Waals surface area contributed by atoms with Crippen molar-refractivity contribution in [2.24, 2.45) is 0 Å². The van der Waals surface area contributed by atoms with Crippen LogP contribution in [-0.2, 0) is 26.5 Å². The molecule has 8 heavy (non-hydrogen) atoms. The predicted octanol–water partition coefficient (Wildman–Crippen LogP) is 0.749. The second kappa shape index (κ2) is 4.51. The number of ether oxygens (including phenoxy) is 1. The van der Waals surface area contributed by atoms with Crippen molar-refractivity contribution in [2.45, 2.75) is 26.6 Å². The van der Waals surface area contributed by atoms with Crippen molar-refractivity contribution in [3.05, 3.63) is 0 Å². The fourth-order valence-corrected chi connectivity index (χ4v) is 0.353. The van der Waals surface area contributed by atoms with Crippen LogP contribution in [0.2, 0.25) is 0 Å². The summed E-state index contributed by atoms with van der Waals surface area (Å²) < 4.78 is 4.78. The Labute approximate surface area is 65.1 Å². The summed E-state index contributed by atoms with van der Waals surface area (Å²) in [7, 11) is 0. The first-order valence-corrected chi connectivity index (χ1v) is 2.42. The zero-order valence-corrected chi connectivity index (χ0v) is 7.12. The van der Waals surface area contributed by atoms with Crippen LogP contribution >= 0.6 is 0 Å². The molecule has 0 aromatic carbocycles. The van der Waals surface area contributed by atoms with Crippen LogP contribution in [0, 0.1) is 0 Å². The molecule has 0 aliphatic carbocycles. The summed E-state index contributed by atoms with van der Waals surface area (Å²) in [6.07, 6.45) is 0. The molecule has 0 aliphatic rings. The van der Waals surface area contributed by atoms with E-state index in [1.54, 1.807) is 13.8 Å². The van der Waals surface area contributed by atoms with E-state index >= 15 is 0 Å². The monoisotopic (exact) mass is 152 g/mol. The van der Waals surface area contributed by atoms with Gasteiger partial charge in [0.05, 0.1) is 0 Å². The molecule has 0 saturated heterocycles. The van der Waals surface area contributed by atoms with Crippen molar-refractivity contribution in [3.63, 3.8) is 0 Å². The van der Waals surface area contributed by atoms with Crippen LogP contribution in [0.5, 0.6) is 0 Å². The quantitative estimate of drug-likeness (QED) is 0.467. The third kappa shape index (κ3) is 9.81. The third-order valence-corrected chi connectivity index (χ3v) is 0.498. The molecule has 2 nitrogen and oxygen atoms in total. The molecule has 0 saturated carbocycles. The van der Waals surface area contributed by atoms with Crippen LogP contribution in [0.4, 0.5) is 0 Å². The molecule has 1 N–H and O–H groups in total. The molecule has 0 heterocycles. The van der Waals surface area contributed by atoms with E-state index in [1.165, 1.54) is 0 Å². The maximum Gasteiger partial charge on any atom is 0.159 e. The molecule has 0 aliphatic heterocycles. The number of aliphatic hydroxyl groups is 1. The van der Waals surface area contributed by atoms with E-state index < -0.39 is 5.79 Å². The topological polar surface area (TPSA) is 29.5 Å². The minimum atomic E-state index is -0.950. The molecule has 0 fully saturated rings. The Hall–Kier alpha value is 0.634. The number of rotatable bonds is 2. The molecule has 0 atom stereocenters. The molecular weight excluding hydrogens is 140 g/mol. The van der Waals surface area contributed by atoms with Gasteiger partial charge in [0.2, 0.25) is 0 Å². The van der Waals surface area contributed by atoms with Crippen LogP contribution in [0.1, 0.15) is 20.8 Å². The molecule has 48 valence electrons. The van der Waals surface area contributed by atoms with Crippen molar-refractivity contribution in [3.8, 4) is 0 Å². The number of hydrogen-bond donors (Lipinski definition) is 1. The van der Waals surface area contributed by atoms with E-state index in [-0.39, 0.29) is 21.7 Å². The van der Waals surface area contributed by atoms with Gasteiger partial charge in [-0.15, -0.1) is 0 Å². The summed E-state index contributed by atoms with van der Waals surface area (Å²) in [5, 5.41) is 8.80. The van der Waals surface area contributed by atoms with Gasteiger partial charge in [-0.1, -0.05) is 0 Å². The predicted molar refractivity (Wildman–Crippen MR) is 27.9 cm³/mol. The molecule has 0 unspecified atom stereocenters. The standard InChI is InChI=1S/C5H12O2.Ti/c1-4-7-5(2,3)6;/h6H,4H2,1-3H3;. The minimum absolute atomic E-state index is 0. The summed E-state index contributed by atoms with van der Waals surface area (Å²) in [5.41, 5.74) is 0. The maximum atomic E-state index is 8.80. The molecule has 0 rings (SSSR count). The van der Waals surface area contributed by atoms with Crippen LogP contribution in [-0.4, -0.2) is 17.5 Å². The molecular formula is C5H12O2Ti. The molecule has 0 spiro atoms. The zero-order chi connectivity index (χ0) is 5.91. The minimum Gasteiger partial charge on any atom is -0.366 e. The molecule has 0 radical (unpaired) electrons. The van der Waals surface area contributed by atoms with Crippen molar-refractivity contribution in [1.29, 1.82) is 0 Å². The van der Waals surface area contributed by atoms with Gasteiger partial charge >= 0.3 is 0 Å². The van der Waals surface area contributed by atoms with Gasteiger partial charge in [-0.2, -0.15) is 0 Å². The van der Waals surface area contributed by atoms with Crippen LogP contribution in [0.25, 0.3) is 0 Å². The summed E-state index contributed by atoms with van der Waals surface area (Å²) in [4.78, 5) is 0. The van der Waals surface area contributed by atoms with Crippen LogP contribution in [0.3, 0.4) is 0 Å². The molecule has 0 aromatic heterocycles. The van der Waals surface area contributed by atoms with Crippen molar-refractivity contribution < 1.29 is 31.6 Å². The first-order valence-electron chi connectivity index (χ1n) is 2.42. The Balaban J connectivity index is 0. The van der Waals surface area contributed by atoms with Gasteiger partial charge in [-0.05, 0) is 20.8 Å². The van der Waals surface area contributed by atoms with Gasteiger partial charge < -0.3 is 9.84 Å². The number of hydrogen-bond acceptors (Lipinski definition) is 2. The van der Waals surface area contributed by atoms with Gasteiger partial charge in [0.25, 0.3) is 0 Å². The summed E-state index contributed by atoms with van der Waals surface area (Å²) >= 11 is 0. The molecule has 3 heteroatoms. The van der Waals surface area contributed by atoms with Gasteiger partial charge in [0, 0.05) is 28.3 Å². The van der Waals surface area contributed by atoms with E-state index in [2.05, 4.69) is 0 Å². The second-order valence-electron chi connectivity index (χ2n) is 1.88. The summed E-state index contributed by atoms with van der Waals surface area (Å²) in [5.74, 6) is -0.950. The van der Waals surface area contributed by atoms with Crippen molar-refractivity contribution in [2.75, 3.05) is 6.61 Å². The summed E-state index contributed by atoms with van der Waals surface area (Å²) in [6.45, 7) is 5.62. The Morgan fingerprint density at radius 3 is 1.88 bits per heavy atom. The molecule has 0 bridgehead atoms. The first kappa shape index (κ1) is 11.4. The van der Waals surface area contributed by atoms with E-state index in [0.29, 0.717) is 6.61 Å². The Morgan fingerprint density at radius 1 is 1.50 bits per heavy atom. The summed E-state index contributed by atoms with van der Waals surface area (Å²) in [6, 6.07) is 0. The normalized spacial score (nSPS) is 10.5. The first-order chi connectivity index (χ1) is 3.06. The van der Waals surface area contributed by atoms with Crippen LogP contribution < -0.4 is 0 Å². The van der Waals surface area contributed by atoms with Gasteiger partial charge in [0.1, 0.15) is 0 Å². The van der Waals surface area contributed by atoms with Crippen LogP contribution in [0.15, 0.2) is 0 Å². The van der Waals surface area contributed by atoms with Gasteiger partial charge in [-0.3, -0.25) is 0 Å². The smallest absolute Gasteiger partial charge is 0.159 e. The van der Waals surface area contributed by atoms with E-state index in [9.17, 15) is 0 Å².